The summed E-state index contributed by atoms with van der Waals surface area (Å²) in [6.07, 6.45) is 6.51. The summed E-state index contributed by atoms with van der Waals surface area (Å²) >= 11 is 1.27. The van der Waals surface area contributed by atoms with Crippen LogP contribution >= 0.6 is 11.3 Å². The molecule has 0 aliphatic heterocycles. The third kappa shape index (κ3) is 6.61. The Kier molecular flexibility index (Phi) is 7.83. The van der Waals surface area contributed by atoms with Crippen LogP contribution in [0.1, 0.15) is 56.2 Å². The van der Waals surface area contributed by atoms with Crippen LogP contribution in [0.2, 0.25) is 0 Å². The second-order valence-corrected chi connectivity index (χ2v) is 10.8. The van der Waals surface area contributed by atoms with Gasteiger partial charge in [0.25, 0.3) is 0 Å². The molecule has 1 aliphatic carbocycles. The molecule has 1 amide bonds. The number of anilines is 1. The van der Waals surface area contributed by atoms with E-state index in [2.05, 4.69) is 10.3 Å². The van der Waals surface area contributed by atoms with Gasteiger partial charge in [0.1, 0.15) is 0 Å². The van der Waals surface area contributed by atoms with Crippen molar-refractivity contribution in [1.82, 2.24) is 4.98 Å². The Labute approximate surface area is 187 Å². The molecule has 9 heteroatoms. The molecule has 1 aromatic carbocycles. The van der Waals surface area contributed by atoms with Crippen LogP contribution in [0, 0.1) is 5.92 Å². The monoisotopic (exact) mass is 464 g/mol. The average Bonchev–Trinajstić information content (AvgIpc) is 3.38. The lowest BCUT2D eigenvalue weighted by Crippen LogP contribution is -2.23. The number of hydrogen-bond acceptors (Lipinski definition) is 7. The van der Waals surface area contributed by atoms with Gasteiger partial charge < -0.3 is 10.1 Å². The molecule has 3 rings (SSSR count). The number of amides is 1. The Morgan fingerprint density at radius 3 is 2.52 bits per heavy atom. The normalized spacial score (nSPS) is 15.5. The molecule has 31 heavy (non-hydrogen) atoms. The molecule has 1 heterocycles. The van der Waals surface area contributed by atoms with Gasteiger partial charge in [-0.1, -0.05) is 37.8 Å². The fourth-order valence-electron chi connectivity index (χ4n) is 3.92. The number of esters is 1. The smallest absolute Gasteiger partial charge is 0.311 e. The lowest BCUT2D eigenvalue weighted by atomic mass is 9.87. The van der Waals surface area contributed by atoms with Crippen LogP contribution in [0.15, 0.2) is 34.5 Å². The van der Waals surface area contributed by atoms with Crippen molar-refractivity contribution in [3.63, 3.8) is 0 Å². The Morgan fingerprint density at radius 2 is 1.90 bits per heavy atom. The summed E-state index contributed by atoms with van der Waals surface area (Å²) in [4.78, 5) is 29.4. The van der Waals surface area contributed by atoms with Crippen LogP contribution < -0.4 is 5.32 Å². The highest BCUT2D eigenvalue weighted by molar-refractivity contribution is 7.90. The highest BCUT2D eigenvalue weighted by Crippen LogP contribution is 2.35. The zero-order valence-electron chi connectivity index (χ0n) is 17.8. The number of nitrogens with zero attached hydrogens (tertiary/aromatic N) is 1. The molecule has 0 bridgehead atoms. The number of sulfone groups is 1. The largest absolute Gasteiger partial charge is 0.466 e. The van der Waals surface area contributed by atoms with E-state index in [1.807, 2.05) is 0 Å². The molecule has 1 saturated carbocycles. The van der Waals surface area contributed by atoms with Crippen molar-refractivity contribution in [1.29, 1.82) is 0 Å². The molecule has 1 fully saturated rings. The summed E-state index contributed by atoms with van der Waals surface area (Å²) in [6, 6.07) is 6.56. The zero-order chi connectivity index (χ0) is 22.4. The molecular formula is C22H28N2O5S2. The van der Waals surface area contributed by atoms with Crippen molar-refractivity contribution >= 4 is 38.2 Å². The Bertz CT molecular complexity index is 1010. The van der Waals surface area contributed by atoms with E-state index in [1.165, 1.54) is 30.4 Å². The minimum absolute atomic E-state index is 0.0681. The van der Waals surface area contributed by atoms with Crippen molar-refractivity contribution in [2.45, 2.75) is 56.3 Å². The van der Waals surface area contributed by atoms with Crippen LogP contribution in [0.3, 0.4) is 0 Å². The predicted octanol–water partition coefficient (Wildman–Crippen LogP) is 3.95. The van der Waals surface area contributed by atoms with Crippen LogP contribution in [-0.2, 0) is 30.6 Å². The van der Waals surface area contributed by atoms with Crippen molar-refractivity contribution in [3.05, 3.63) is 40.9 Å². The van der Waals surface area contributed by atoms with E-state index in [0.717, 1.165) is 18.4 Å². The zero-order valence-corrected chi connectivity index (χ0v) is 19.4. The molecule has 1 atom stereocenters. The Hall–Kier alpha value is -2.26. The fraction of sp³-hybridized carbons (Fsp3) is 0.500. The maximum atomic E-state index is 13.2. The van der Waals surface area contributed by atoms with Gasteiger partial charge in [-0.25, -0.2) is 13.4 Å². The molecule has 2 aromatic rings. The van der Waals surface area contributed by atoms with E-state index in [0.29, 0.717) is 29.8 Å². The average molecular weight is 465 g/mol. The first-order valence-electron chi connectivity index (χ1n) is 10.5. The number of thiazole rings is 1. The Morgan fingerprint density at radius 1 is 1.23 bits per heavy atom. The number of nitrogens with one attached hydrogen (secondary N) is 1. The number of aromatic nitrogens is 1. The SMILES string of the molecule is CCOC(=O)Cc1csc(NC(=O)C(CC2CCCC2)c2ccc(S(C)(=O)=O)cc2)n1. The predicted molar refractivity (Wildman–Crippen MR) is 120 cm³/mol. The second-order valence-electron chi connectivity index (χ2n) is 7.90. The molecule has 1 aliphatic rings. The standard InChI is InChI=1S/C22H28N2O5S2/c1-3-29-20(25)13-17-14-30-22(23-17)24-21(26)19(12-15-6-4-5-7-15)16-8-10-18(11-9-16)31(2,27)28/h8-11,14-15,19H,3-7,12-13H2,1-2H3,(H,23,24,26). The third-order valence-electron chi connectivity index (χ3n) is 5.48. The van der Waals surface area contributed by atoms with Crippen LogP contribution in [0.25, 0.3) is 0 Å². The molecule has 1 N–H and O–H groups in total. The molecule has 168 valence electrons. The van der Waals surface area contributed by atoms with Crippen molar-refractivity contribution in [3.8, 4) is 0 Å². The summed E-state index contributed by atoms with van der Waals surface area (Å²) in [6.45, 7) is 2.06. The van der Waals surface area contributed by atoms with Crippen molar-refractivity contribution < 1.29 is 22.7 Å². The van der Waals surface area contributed by atoms with Crippen LogP contribution in [0.5, 0.6) is 0 Å². The van der Waals surface area contributed by atoms with E-state index in [9.17, 15) is 18.0 Å². The quantitative estimate of drug-likeness (QED) is 0.564. The number of rotatable bonds is 9. The van der Waals surface area contributed by atoms with Gasteiger partial charge in [-0.2, -0.15) is 0 Å². The van der Waals surface area contributed by atoms with Gasteiger partial charge in [-0.3, -0.25) is 9.59 Å². The van der Waals surface area contributed by atoms with Crippen LogP contribution in [-0.4, -0.2) is 38.1 Å². The van der Waals surface area contributed by atoms with Gasteiger partial charge in [-0.05, 0) is 37.0 Å². The van der Waals surface area contributed by atoms with E-state index in [1.54, 1.807) is 36.6 Å². The van der Waals surface area contributed by atoms with Crippen molar-refractivity contribution in [2.24, 2.45) is 5.92 Å². The topological polar surface area (TPSA) is 102 Å². The second kappa shape index (κ2) is 10.4. The van der Waals surface area contributed by atoms with Crippen molar-refractivity contribution in [2.75, 3.05) is 18.2 Å². The van der Waals surface area contributed by atoms with Gasteiger partial charge in [-0.15, -0.1) is 11.3 Å². The highest BCUT2D eigenvalue weighted by atomic mass is 32.2. The van der Waals surface area contributed by atoms with Gasteiger partial charge >= 0.3 is 5.97 Å². The first-order chi connectivity index (χ1) is 14.8. The number of benzene rings is 1. The maximum absolute atomic E-state index is 13.2. The number of carbonyl (C=O) groups excluding carboxylic acids is 2. The molecule has 0 spiro atoms. The van der Waals surface area contributed by atoms with Crippen LogP contribution in [0.4, 0.5) is 5.13 Å². The highest BCUT2D eigenvalue weighted by Gasteiger charge is 2.27. The van der Waals surface area contributed by atoms with E-state index < -0.39 is 15.8 Å². The maximum Gasteiger partial charge on any atom is 0.311 e. The first kappa shape index (κ1) is 23.4. The van der Waals surface area contributed by atoms with Gasteiger partial charge in [0.2, 0.25) is 5.91 Å². The first-order valence-corrected chi connectivity index (χ1v) is 13.2. The molecule has 7 nitrogen and oxygen atoms in total. The molecule has 1 aromatic heterocycles. The molecule has 0 radical (unpaired) electrons. The number of carbonyl (C=O) groups is 2. The van der Waals surface area contributed by atoms with Gasteiger partial charge in [0.05, 0.1) is 29.5 Å². The third-order valence-corrected chi connectivity index (χ3v) is 7.42. The minimum atomic E-state index is -3.29. The lowest BCUT2D eigenvalue weighted by molar-refractivity contribution is -0.142. The summed E-state index contributed by atoms with van der Waals surface area (Å²) in [7, 11) is -3.29. The summed E-state index contributed by atoms with van der Waals surface area (Å²) in [5.41, 5.74) is 1.35. The van der Waals surface area contributed by atoms with E-state index in [-0.39, 0.29) is 23.2 Å². The molecular weight excluding hydrogens is 436 g/mol. The Balaban J connectivity index is 1.75. The molecule has 1 unspecified atom stereocenters. The fourth-order valence-corrected chi connectivity index (χ4v) is 5.26. The van der Waals surface area contributed by atoms with Gasteiger partial charge in [0.15, 0.2) is 15.0 Å². The lowest BCUT2D eigenvalue weighted by Gasteiger charge is -2.20. The minimum Gasteiger partial charge on any atom is -0.466 e. The number of ether oxygens (including phenoxy) is 1. The van der Waals surface area contributed by atoms with Gasteiger partial charge in [0, 0.05) is 11.6 Å². The number of hydrogen-bond donors (Lipinski definition) is 1. The van der Waals surface area contributed by atoms with E-state index in [4.69, 9.17) is 4.74 Å². The molecule has 0 saturated heterocycles. The summed E-state index contributed by atoms with van der Waals surface area (Å²) in [5, 5.41) is 5.06. The summed E-state index contributed by atoms with van der Waals surface area (Å²) < 4.78 is 28.5. The summed E-state index contributed by atoms with van der Waals surface area (Å²) in [5.74, 6) is -0.443. The van der Waals surface area contributed by atoms with E-state index >= 15 is 0 Å².